The SMILES string of the molecule is c1cc(OP=C2CCCCCCC2)ccc1OP=C1CCCCCCC1. The van der Waals surface area contributed by atoms with E-state index < -0.39 is 0 Å². The van der Waals surface area contributed by atoms with Crippen LogP contribution in [0.3, 0.4) is 0 Å². The maximum atomic E-state index is 5.99. The highest BCUT2D eigenvalue weighted by molar-refractivity contribution is 7.36. The van der Waals surface area contributed by atoms with Gasteiger partial charge in [-0.15, -0.1) is 0 Å². The summed E-state index contributed by atoms with van der Waals surface area (Å²) in [7, 11) is 2.11. The molecule has 0 unspecified atom stereocenters. The molecule has 0 N–H and O–H groups in total. The van der Waals surface area contributed by atoms with Crippen molar-refractivity contribution < 1.29 is 9.05 Å². The molecule has 2 aliphatic carbocycles. The van der Waals surface area contributed by atoms with Crippen LogP contribution < -0.4 is 9.05 Å². The van der Waals surface area contributed by atoms with Crippen LogP contribution in [0.25, 0.3) is 0 Å². The molecule has 2 aliphatic rings. The normalized spacial score (nSPS) is 20.2. The van der Waals surface area contributed by atoms with Crippen LogP contribution in [0, 0.1) is 0 Å². The third kappa shape index (κ3) is 7.42. The zero-order valence-electron chi connectivity index (χ0n) is 15.9. The van der Waals surface area contributed by atoms with Gasteiger partial charge in [-0.05, 0) is 86.2 Å². The molecule has 0 saturated heterocycles. The van der Waals surface area contributed by atoms with E-state index in [1.165, 1.54) is 89.9 Å². The number of rotatable bonds is 4. The average molecular weight is 390 g/mol. The highest BCUT2D eigenvalue weighted by Gasteiger charge is 2.06. The van der Waals surface area contributed by atoms with E-state index in [1.807, 2.05) is 24.3 Å². The molecule has 2 saturated carbocycles. The van der Waals surface area contributed by atoms with E-state index in [0.717, 1.165) is 28.4 Å². The van der Waals surface area contributed by atoms with Crippen molar-refractivity contribution in [3.05, 3.63) is 24.3 Å². The quantitative estimate of drug-likeness (QED) is 0.485. The Labute approximate surface area is 162 Å². The molecule has 0 aliphatic heterocycles. The van der Waals surface area contributed by atoms with Gasteiger partial charge in [0.25, 0.3) is 0 Å². The first-order valence-corrected chi connectivity index (χ1v) is 12.1. The number of hydrogen-bond donors (Lipinski definition) is 0. The summed E-state index contributed by atoms with van der Waals surface area (Å²) in [4.78, 5) is 0. The lowest BCUT2D eigenvalue weighted by atomic mass is 10.0. The zero-order valence-corrected chi connectivity index (χ0v) is 17.7. The summed E-state index contributed by atoms with van der Waals surface area (Å²) in [5.74, 6) is 1.90. The van der Waals surface area contributed by atoms with Gasteiger partial charge in [-0.2, -0.15) is 0 Å². The number of benzene rings is 1. The molecule has 26 heavy (non-hydrogen) atoms. The predicted octanol–water partition coefficient (Wildman–Crippen LogP) is 8.00. The molecule has 1 aromatic carbocycles. The highest BCUT2D eigenvalue weighted by atomic mass is 31.1. The van der Waals surface area contributed by atoms with Crippen molar-refractivity contribution in [3.8, 4) is 11.5 Å². The van der Waals surface area contributed by atoms with E-state index in [-0.39, 0.29) is 0 Å². The standard InChI is InChI=1S/C22H32O2P2/c1-3-7-11-21(12-8-4-1)25-23-19-15-17-20(18-16-19)24-26-22-13-9-5-2-6-10-14-22/h15-18H,1-14H2. The molecule has 0 spiro atoms. The third-order valence-corrected chi connectivity index (χ3v) is 7.26. The van der Waals surface area contributed by atoms with E-state index in [2.05, 4.69) is 0 Å². The molecule has 4 heteroatoms. The van der Waals surface area contributed by atoms with Gasteiger partial charge in [-0.3, -0.25) is 0 Å². The lowest BCUT2D eigenvalue weighted by Gasteiger charge is -2.11. The van der Waals surface area contributed by atoms with Crippen LogP contribution in [0.5, 0.6) is 11.5 Å². The molecule has 0 radical (unpaired) electrons. The summed E-state index contributed by atoms with van der Waals surface area (Å²) < 4.78 is 12.0. The molecule has 2 fully saturated rings. The summed E-state index contributed by atoms with van der Waals surface area (Å²) in [5.41, 5.74) is 0. The Balaban J connectivity index is 1.49. The molecule has 3 rings (SSSR count). The first kappa shape index (κ1) is 19.9. The predicted molar refractivity (Wildman–Crippen MR) is 116 cm³/mol. The molecular weight excluding hydrogens is 358 g/mol. The van der Waals surface area contributed by atoms with Crippen molar-refractivity contribution in [3.63, 3.8) is 0 Å². The first-order chi connectivity index (χ1) is 12.9. The second-order valence-corrected chi connectivity index (χ2v) is 9.50. The summed E-state index contributed by atoms with van der Waals surface area (Å²) in [6.45, 7) is 0. The third-order valence-electron chi connectivity index (χ3n) is 5.25. The summed E-state index contributed by atoms with van der Waals surface area (Å²) in [6.07, 6.45) is 18.6. The minimum absolute atomic E-state index is 0.948. The zero-order chi connectivity index (χ0) is 17.9. The van der Waals surface area contributed by atoms with E-state index >= 15 is 0 Å². The lowest BCUT2D eigenvalue weighted by molar-refractivity contribution is 0.604. The van der Waals surface area contributed by atoms with Crippen molar-refractivity contribution >= 4 is 27.4 Å². The van der Waals surface area contributed by atoms with E-state index in [4.69, 9.17) is 9.05 Å². The fourth-order valence-corrected chi connectivity index (χ4v) is 5.32. The van der Waals surface area contributed by atoms with Gasteiger partial charge in [-0.1, -0.05) is 38.5 Å². The molecule has 1 aromatic rings. The maximum absolute atomic E-state index is 5.99. The Morgan fingerprint density at radius 2 is 0.769 bits per heavy atom. The van der Waals surface area contributed by atoms with Gasteiger partial charge in [0.15, 0.2) is 0 Å². The van der Waals surface area contributed by atoms with Crippen molar-refractivity contribution in [2.75, 3.05) is 0 Å². The lowest BCUT2D eigenvalue weighted by Crippen LogP contribution is -2.00. The van der Waals surface area contributed by atoms with Gasteiger partial charge in [0.2, 0.25) is 0 Å². The Bertz CT molecular complexity index is 520. The smallest absolute Gasteiger partial charge is 0.131 e. The Morgan fingerprint density at radius 3 is 1.12 bits per heavy atom. The molecule has 0 heterocycles. The van der Waals surface area contributed by atoms with E-state index in [9.17, 15) is 0 Å². The van der Waals surface area contributed by atoms with Gasteiger partial charge in [-0.25, -0.2) is 0 Å². The summed E-state index contributed by atoms with van der Waals surface area (Å²) >= 11 is 0. The van der Waals surface area contributed by atoms with Gasteiger partial charge in [0.05, 0.1) is 0 Å². The minimum atomic E-state index is 0.948. The maximum Gasteiger partial charge on any atom is 0.131 e. The van der Waals surface area contributed by atoms with Gasteiger partial charge >= 0.3 is 0 Å². The molecule has 0 aromatic heterocycles. The molecular formula is C22H32O2P2. The van der Waals surface area contributed by atoms with Crippen LogP contribution in [-0.2, 0) is 0 Å². The van der Waals surface area contributed by atoms with Gasteiger partial charge in [0.1, 0.15) is 28.4 Å². The van der Waals surface area contributed by atoms with Crippen LogP contribution in [0.2, 0.25) is 0 Å². The molecule has 142 valence electrons. The van der Waals surface area contributed by atoms with E-state index in [1.54, 1.807) is 10.6 Å². The van der Waals surface area contributed by atoms with Crippen molar-refractivity contribution in [1.29, 1.82) is 0 Å². The van der Waals surface area contributed by atoms with Gasteiger partial charge < -0.3 is 9.05 Å². The highest BCUT2D eigenvalue weighted by Crippen LogP contribution is 2.27. The van der Waals surface area contributed by atoms with Crippen LogP contribution in [-0.4, -0.2) is 10.6 Å². The largest absolute Gasteiger partial charge is 0.440 e. The Kier molecular flexibility index (Phi) is 9.02. The summed E-state index contributed by atoms with van der Waals surface area (Å²) in [6, 6.07) is 8.18. The Morgan fingerprint density at radius 1 is 0.462 bits per heavy atom. The van der Waals surface area contributed by atoms with Crippen molar-refractivity contribution in [1.82, 2.24) is 0 Å². The topological polar surface area (TPSA) is 18.5 Å². The van der Waals surface area contributed by atoms with Crippen molar-refractivity contribution in [2.24, 2.45) is 0 Å². The van der Waals surface area contributed by atoms with Gasteiger partial charge in [0, 0.05) is 0 Å². The fourth-order valence-electron chi connectivity index (χ4n) is 3.61. The van der Waals surface area contributed by atoms with Crippen LogP contribution >= 0.6 is 16.9 Å². The molecule has 0 bridgehead atoms. The van der Waals surface area contributed by atoms with Crippen molar-refractivity contribution in [2.45, 2.75) is 89.9 Å². The number of hydrogen-bond acceptors (Lipinski definition) is 2. The molecule has 0 atom stereocenters. The average Bonchev–Trinajstić information content (AvgIpc) is 2.61. The van der Waals surface area contributed by atoms with Crippen LogP contribution in [0.15, 0.2) is 24.3 Å². The molecule has 2 nitrogen and oxygen atoms in total. The monoisotopic (exact) mass is 390 g/mol. The fraction of sp³-hybridized carbons (Fsp3) is 0.636. The Hall–Kier alpha value is -0.840. The summed E-state index contributed by atoms with van der Waals surface area (Å²) in [5, 5.41) is 3.12. The van der Waals surface area contributed by atoms with Crippen LogP contribution in [0.1, 0.15) is 89.9 Å². The first-order valence-electron chi connectivity index (χ1n) is 10.5. The second-order valence-electron chi connectivity index (χ2n) is 7.50. The molecule has 0 amide bonds. The van der Waals surface area contributed by atoms with Crippen LogP contribution in [0.4, 0.5) is 0 Å². The second kappa shape index (κ2) is 11.8. The minimum Gasteiger partial charge on any atom is -0.440 e. The van der Waals surface area contributed by atoms with E-state index in [0.29, 0.717) is 0 Å².